The second kappa shape index (κ2) is 9.61. The number of nitrogens with one attached hydrogen (secondary N) is 2. The van der Waals surface area contributed by atoms with Gasteiger partial charge < -0.3 is 15.5 Å². The topological polar surface area (TPSA) is 64.7 Å². The third-order valence-electron chi connectivity index (χ3n) is 5.62. The number of piperazine rings is 1. The number of amides is 3. The number of halogens is 1. The first-order chi connectivity index (χ1) is 13.4. The lowest BCUT2D eigenvalue weighted by molar-refractivity contribution is -0.129. The van der Waals surface area contributed by atoms with Gasteiger partial charge in [0.15, 0.2) is 0 Å². The minimum Gasteiger partial charge on any atom is -0.353 e. The lowest BCUT2D eigenvalue weighted by Gasteiger charge is -2.41. The van der Waals surface area contributed by atoms with Crippen molar-refractivity contribution in [3.8, 4) is 0 Å². The minimum absolute atomic E-state index is 0.0805. The number of anilines is 1. The molecule has 1 saturated heterocycles. The summed E-state index contributed by atoms with van der Waals surface area (Å²) in [5, 5.41) is 6.60. The fraction of sp³-hybridized carbons (Fsp3) is 0.619. The van der Waals surface area contributed by atoms with Crippen molar-refractivity contribution in [2.75, 3.05) is 31.5 Å². The van der Waals surface area contributed by atoms with Crippen LogP contribution in [-0.4, -0.2) is 60.0 Å². The molecule has 3 amide bonds. The molecule has 0 bridgehead atoms. The molecule has 3 rings (SSSR count). The highest BCUT2D eigenvalue weighted by molar-refractivity contribution is 6.30. The van der Waals surface area contributed by atoms with Crippen molar-refractivity contribution in [2.45, 2.75) is 51.6 Å². The molecular formula is C21H31ClN4O2. The monoisotopic (exact) mass is 406 g/mol. The summed E-state index contributed by atoms with van der Waals surface area (Å²) in [6.45, 7) is 6.67. The minimum atomic E-state index is -0.119. The Morgan fingerprint density at radius 2 is 1.79 bits per heavy atom. The number of hydrogen-bond donors (Lipinski definition) is 2. The van der Waals surface area contributed by atoms with E-state index in [1.165, 1.54) is 12.8 Å². The summed E-state index contributed by atoms with van der Waals surface area (Å²) >= 11 is 5.99. The van der Waals surface area contributed by atoms with E-state index in [0.29, 0.717) is 29.7 Å². The van der Waals surface area contributed by atoms with Crippen LogP contribution in [0.4, 0.5) is 10.5 Å². The molecule has 0 spiro atoms. The summed E-state index contributed by atoms with van der Waals surface area (Å²) in [6.07, 6.45) is 4.65. The van der Waals surface area contributed by atoms with Crippen LogP contribution in [0, 0.1) is 5.92 Å². The standard InChI is InChI=1S/C21H31ClN4O2/c1-15(2)23-20(27)19(16-6-3-4-7-16)25-10-12-26(13-11-25)21(28)24-18-9-5-8-17(22)14-18/h5,8-9,14-16,19H,3-4,6-7,10-13H2,1-2H3,(H,23,27)(H,24,28)/t19-/m1/s1. The molecular weight excluding hydrogens is 376 g/mol. The molecule has 6 nitrogen and oxygen atoms in total. The number of carbonyl (C=O) groups excluding carboxylic acids is 2. The summed E-state index contributed by atoms with van der Waals surface area (Å²) in [5.74, 6) is 0.560. The van der Waals surface area contributed by atoms with Crippen LogP contribution in [0.2, 0.25) is 5.02 Å². The molecule has 0 aromatic heterocycles. The lowest BCUT2D eigenvalue weighted by Crippen LogP contribution is -2.59. The maximum absolute atomic E-state index is 12.9. The highest BCUT2D eigenvalue weighted by atomic mass is 35.5. The van der Waals surface area contributed by atoms with Gasteiger partial charge in [-0.2, -0.15) is 0 Å². The number of carbonyl (C=O) groups is 2. The van der Waals surface area contributed by atoms with Crippen LogP contribution in [0.25, 0.3) is 0 Å². The van der Waals surface area contributed by atoms with Crippen LogP contribution in [-0.2, 0) is 4.79 Å². The SMILES string of the molecule is CC(C)NC(=O)[C@@H](C1CCCC1)N1CCN(C(=O)Nc2cccc(Cl)c2)CC1. The van der Waals surface area contributed by atoms with Crippen molar-refractivity contribution in [3.63, 3.8) is 0 Å². The quantitative estimate of drug-likeness (QED) is 0.785. The van der Waals surface area contributed by atoms with Crippen LogP contribution >= 0.6 is 11.6 Å². The van der Waals surface area contributed by atoms with Gasteiger partial charge in [0.05, 0.1) is 6.04 Å². The molecule has 28 heavy (non-hydrogen) atoms. The van der Waals surface area contributed by atoms with Gasteiger partial charge in [-0.15, -0.1) is 0 Å². The second-order valence-electron chi connectivity index (χ2n) is 8.12. The zero-order valence-electron chi connectivity index (χ0n) is 16.8. The van der Waals surface area contributed by atoms with Crippen molar-refractivity contribution in [1.82, 2.24) is 15.1 Å². The molecule has 1 atom stereocenters. The molecule has 154 valence electrons. The van der Waals surface area contributed by atoms with E-state index >= 15 is 0 Å². The molecule has 0 radical (unpaired) electrons. The van der Waals surface area contributed by atoms with Crippen molar-refractivity contribution >= 4 is 29.2 Å². The van der Waals surface area contributed by atoms with E-state index in [-0.39, 0.29) is 24.0 Å². The fourth-order valence-corrected chi connectivity index (χ4v) is 4.48. The Morgan fingerprint density at radius 1 is 1.11 bits per heavy atom. The van der Waals surface area contributed by atoms with Crippen molar-refractivity contribution in [1.29, 1.82) is 0 Å². The summed E-state index contributed by atoms with van der Waals surface area (Å²) < 4.78 is 0. The van der Waals surface area contributed by atoms with Gasteiger partial charge in [-0.05, 0) is 50.8 Å². The third kappa shape index (κ3) is 5.39. The highest BCUT2D eigenvalue weighted by Crippen LogP contribution is 2.31. The summed E-state index contributed by atoms with van der Waals surface area (Å²) in [4.78, 5) is 29.5. The zero-order valence-corrected chi connectivity index (χ0v) is 17.5. The van der Waals surface area contributed by atoms with E-state index in [1.54, 1.807) is 12.1 Å². The predicted molar refractivity (Wildman–Crippen MR) is 113 cm³/mol. The average molecular weight is 407 g/mol. The first kappa shape index (κ1) is 20.9. The zero-order chi connectivity index (χ0) is 20.1. The summed E-state index contributed by atoms with van der Waals surface area (Å²) in [6, 6.07) is 7.10. The molecule has 1 aromatic carbocycles. The summed E-state index contributed by atoms with van der Waals surface area (Å²) in [7, 11) is 0. The molecule has 2 N–H and O–H groups in total. The third-order valence-corrected chi connectivity index (χ3v) is 5.85. The van der Waals surface area contributed by atoms with Crippen molar-refractivity contribution in [3.05, 3.63) is 29.3 Å². The predicted octanol–water partition coefficient (Wildman–Crippen LogP) is 3.57. The van der Waals surface area contributed by atoms with Crippen LogP contribution in [0.3, 0.4) is 0 Å². The fourth-order valence-electron chi connectivity index (χ4n) is 4.29. The van der Waals surface area contributed by atoms with Gasteiger partial charge in [0, 0.05) is 42.9 Å². The Hall–Kier alpha value is -1.79. The first-order valence-electron chi connectivity index (χ1n) is 10.3. The number of hydrogen-bond acceptors (Lipinski definition) is 3. The molecule has 1 aliphatic heterocycles. The van der Waals surface area contributed by atoms with E-state index < -0.39 is 0 Å². The van der Waals surface area contributed by atoms with Crippen LogP contribution in [0.1, 0.15) is 39.5 Å². The molecule has 1 aromatic rings. The lowest BCUT2D eigenvalue weighted by atomic mass is 9.94. The Kier molecular flexibility index (Phi) is 7.18. The van der Waals surface area contributed by atoms with E-state index in [2.05, 4.69) is 15.5 Å². The Bertz CT molecular complexity index is 683. The normalized spacial score (nSPS) is 19.6. The van der Waals surface area contributed by atoms with E-state index in [9.17, 15) is 9.59 Å². The molecule has 0 unspecified atom stereocenters. The van der Waals surface area contributed by atoms with Crippen molar-refractivity contribution in [2.24, 2.45) is 5.92 Å². The molecule has 1 heterocycles. The van der Waals surface area contributed by atoms with E-state index in [1.807, 2.05) is 30.9 Å². The van der Waals surface area contributed by atoms with Gasteiger partial charge >= 0.3 is 6.03 Å². The van der Waals surface area contributed by atoms with Gasteiger partial charge in [-0.25, -0.2) is 4.79 Å². The molecule has 7 heteroatoms. The molecule has 2 aliphatic rings. The van der Waals surface area contributed by atoms with Crippen LogP contribution in [0.15, 0.2) is 24.3 Å². The van der Waals surface area contributed by atoms with Gasteiger partial charge in [0.1, 0.15) is 0 Å². The highest BCUT2D eigenvalue weighted by Gasteiger charge is 2.37. The maximum atomic E-state index is 12.9. The number of rotatable bonds is 5. The smallest absolute Gasteiger partial charge is 0.321 e. The number of urea groups is 1. The number of nitrogens with zero attached hydrogens (tertiary/aromatic N) is 2. The van der Waals surface area contributed by atoms with Crippen LogP contribution in [0.5, 0.6) is 0 Å². The van der Waals surface area contributed by atoms with Crippen molar-refractivity contribution < 1.29 is 9.59 Å². The second-order valence-corrected chi connectivity index (χ2v) is 8.55. The average Bonchev–Trinajstić information content (AvgIpc) is 3.16. The maximum Gasteiger partial charge on any atom is 0.321 e. The Labute approximate surface area is 172 Å². The van der Waals surface area contributed by atoms with Crippen LogP contribution < -0.4 is 10.6 Å². The van der Waals surface area contributed by atoms with E-state index in [0.717, 1.165) is 25.9 Å². The number of benzene rings is 1. The largest absolute Gasteiger partial charge is 0.353 e. The van der Waals surface area contributed by atoms with Gasteiger partial charge in [-0.1, -0.05) is 30.5 Å². The first-order valence-corrected chi connectivity index (χ1v) is 10.7. The molecule has 1 aliphatic carbocycles. The summed E-state index contributed by atoms with van der Waals surface area (Å²) in [5.41, 5.74) is 0.695. The molecule has 1 saturated carbocycles. The van der Waals surface area contributed by atoms with Gasteiger partial charge in [0.2, 0.25) is 5.91 Å². The Balaban J connectivity index is 1.58. The van der Waals surface area contributed by atoms with Gasteiger partial charge in [0.25, 0.3) is 0 Å². The molecule has 2 fully saturated rings. The van der Waals surface area contributed by atoms with Gasteiger partial charge in [-0.3, -0.25) is 9.69 Å². The van der Waals surface area contributed by atoms with E-state index in [4.69, 9.17) is 11.6 Å². The Morgan fingerprint density at radius 3 is 2.39 bits per heavy atom.